The van der Waals surface area contributed by atoms with Crippen LogP contribution in [0.2, 0.25) is 0 Å². The van der Waals surface area contributed by atoms with E-state index in [-0.39, 0.29) is 5.91 Å². The van der Waals surface area contributed by atoms with E-state index in [0.717, 1.165) is 16.8 Å². The second kappa shape index (κ2) is 7.94. The third-order valence-corrected chi connectivity index (χ3v) is 5.17. The van der Waals surface area contributed by atoms with Crippen LogP contribution in [-0.2, 0) is 9.59 Å². The van der Waals surface area contributed by atoms with Gasteiger partial charge in [-0.15, -0.1) is 0 Å². The fourth-order valence-corrected chi connectivity index (χ4v) is 3.84. The maximum Gasteiger partial charge on any atom is 0.344 e. The van der Waals surface area contributed by atoms with Gasteiger partial charge in [0.1, 0.15) is 5.75 Å². The quantitative estimate of drug-likeness (QED) is 0.599. The van der Waals surface area contributed by atoms with E-state index in [4.69, 9.17) is 22.1 Å². The molecule has 1 aliphatic rings. The molecule has 27 heavy (non-hydrogen) atoms. The number of carboxylic acids is 1. The number of thiocarbonyl (C=S) groups is 1. The summed E-state index contributed by atoms with van der Waals surface area (Å²) in [7, 11) is 0. The van der Waals surface area contributed by atoms with Crippen molar-refractivity contribution in [2.75, 3.05) is 4.90 Å². The Labute approximate surface area is 166 Å². The number of aliphatic carboxylic acids is 1. The van der Waals surface area contributed by atoms with Gasteiger partial charge in [-0.3, -0.25) is 9.69 Å². The van der Waals surface area contributed by atoms with Gasteiger partial charge >= 0.3 is 5.97 Å². The van der Waals surface area contributed by atoms with Crippen LogP contribution < -0.4 is 9.64 Å². The lowest BCUT2D eigenvalue weighted by molar-refractivity contribution is -0.144. The van der Waals surface area contributed by atoms with Crippen LogP contribution in [0, 0.1) is 6.92 Å². The topological polar surface area (TPSA) is 66.8 Å². The molecule has 5 nitrogen and oxygen atoms in total. The molecule has 1 amide bonds. The minimum Gasteiger partial charge on any atom is -0.479 e. The molecule has 2 aromatic carbocycles. The molecule has 1 unspecified atom stereocenters. The van der Waals surface area contributed by atoms with E-state index in [1.807, 2.05) is 37.3 Å². The predicted molar refractivity (Wildman–Crippen MR) is 111 cm³/mol. The number of hydrogen-bond acceptors (Lipinski definition) is 5. The van der Waals surface area contributed by atoms with E-state index in [1.165, 1.54) is 23.6 Å². The number of aryl methyl sites for hydroxylation is 1. The number of nitrogens with zero attached hydrogens (tertiary/aromatic N) is 1. The van der Waals surface area contributed by atoms with E-state index in [0.29, 0.717) is 15.0 Å². The van der Waals surface area contributed by atoms with Gasteiger partial charge < -0.3 is 9.84 Å². The molecule has 138 valence electrons. The van der Waals surface area contributed by atoms with Crippen molar-refractivity contribution < 1.29 is 19.4 Å². The lowest BCUT2D eigenvalue weighted by Crippen LogP contribution is -2.27. The zero-order valence-electron chi connectivity index (χ0n) is 14.7. The van der Waals surface area contributed by atoms with E-state index in [9.17, 15) is 9.59 Å². The van der Waals surface area contributed by atoms with Crippen LogP contribution in [0.1, 0.15) is 18.1 Å². The second-order valence-electron chi connectivity index (χ2n) is 6.03. The van der Waals surface area contributed by atoms with Crippen LogP contribution in [-0.4, -0.2) is 27.4 Å². The molecule has 1 atom stereocenters. The minimum atomic E-state index is -1.04. The van der Waals surface area contributed by atoms with E-state index in [1.54, 1.807) is 24.3 Å². The molecule has 0 aliphatic carbocycles. The Kier molecular flexibility index (Phi) is 5.62. The normalized spacial score (nSPS) is 16.7. The van der Waals surface area contributed by atoms with Gasteiger partial charge in [0, 0.05) is 0 Å². The zero-order chi connectivity index (χ0) is 19.6. The SMILES string of the molecule is Cc1cccc(N2C(=O)/C(=C\c3cccc(OC(C)C(=O)O)c3)SC2=S)c1. The highest BCUT2D eigenvalue weighted by Crippen LogP contribution is 2.36. The van der Waals surface area contributed by atoms with Crippen molar-refractivity contribution in [3.8, 4) is 5.75 Å². The highest BCUT2D eigenvalue weighted by Gasteiger charge is 2.33. The molecule has 0 bridgehead atoms. The molecule has 0 spiro atoms. The van der Waals surface area contributed by atoms with Crippen molar-refractivity contribution in [2.24, 2.45) is 0 Å². The van der Waals surface area contributed by atoms with Gasteiger partial charge in [-0.1, -0.05) is 48.2 Å². The first kappa shape index (κ1) is 19.1. The number of carbonyl (C=O) groups excluding carboxylic acids is 1. The number of thioether (sulfide) groups is 1. The van der Waals surface area contributed by atoms with Gasteiger partial charge in [-0.05, 0) is 55.3 Å². The van der Waals surface area contributed by atoms with E-state index < -0.39 is 12.1 Å². The zero-order valence-corrected chi connectivity index (χ0v) is 16.3. The number of benzene rings is 2. The van der Waals surface area contributed by atoms with Gasteiger partial charge in [0.2, 0.25) is 0 Å². The molecule has 1 saturated heterocycles. The molecular formula is C20H17NO4S2. The molecule has 0 aromatic heterocycles. The van der Waals surface area contributed by atoms with Crippen molar-refractivity contribution in [1.82, 2.24) is 0 Å². The number of anilines is 1. The lowest BCUT2D eigenvalue weighted by atomic mass is 10.2. The lowest BCUT2D eigenvalue weighted by Gasteiger charge is -2.14. The maximum atomic E-state index is 12.8. The number of amides is 1. The summed E-state index contributed by atoms with van der Waals surface area (Å²) in [4.78, 5) is 25.8. The monoisotopic (exact) mass is 399 g/mol. The highest BCUT2D eigenvalue weighted by molar-refractivity contribution is 8.27. The van der Waals surface area contributed by atoms with Crippen molar-refractivity contribution in [1.29, 1.82) is 0 Å². The summed E-state index contributed by atoms with van der Waals surface area (Å²) >= 11 is 6.62. The summed E-state index contributed by atoms with van der Waals surface area (Å²) in [5, 5.41) is 8.96. The van der Waals surface area contributed by atoms with Crippen LogP contribution in [0.3, 0.4) is 0 Å². The number of carbonyl (C=O) groups is 2. The molecule has 1 N–H and O–H groups in total. The van der Waals surface area contributed by atoms with E-state index in [2.05, 4.69) is 0 Å². The first-order valence-electron chi connectivity index (χ1n) is 8.19. The average molecular weight is 399 g/mol. The number of hydrogen-bond donors (Lipinski definition) is 1. The Hall–Kier alpha value is -2.64. The number of carboxylic acid groups (broad SMARTS) is 1. The maximum absolute atomic E-state index is 12.8. The Balaban J connectivity index is 1.85. The first-order valence-corrected chi connectivity index (χ1v) is 9.42. The van der Waals surface area contributed by atoms with Gasteiger partial charge in [-0.2, -0.15) is 0 Å². The summed E-state index contributed by atoms with van der Waals surface area (Å²) < 4.78 is 5.85. The highest BCUT2D eigenvalue weighted by atomic mass is 32.2. The van der Waals surface area contributed by atoms with Crippen molar-refractivity contribution >= 4 is 51.9 Å². The Morgan fingerprint density at radius 1 is 1.26 bits per heavy atom. The largest absolute Gasteiger partial charge is 0.479 e. The molecule has 0 saturated carbocycles. The van der Waals surface area contributed by atoms with Crippen LogP contribution in [0.25, 0.3) is 6.08 Å². The van der Waals surface area contributed by atoms with Gasteiger partial charge in [0.05, 0.1) is 10.6 Å². The van der Waals surface area contributed by atoms with Crippen molar-refractivity contribution in [3.05, 3.63) is 64.6 Å². The molecule has 2 aromatic rings. The smallest absolute Gasteiger partial charge is 0.344 e. The fourth-order valence-electron chi connectivity index (χ4n) is 2.54. The number of rotatable bonds is 5. The van der Waals surface area contributed by atoms with Crippen molar-refractivity contribution in [2.45, 2.75) is 20.0 Å². The Morgan fingerprint density at radius 2 is 2.00 bits per heavy atom. The fraction of sp³-hybridized carbons (Fsp3) is 0.150. The van der Waals surface area contributed by atoms with Gasteiger partial charge in [-0.25, -0.2) is 4.79 Å². The van der Waals surface area contributed by atoms with Crippen LogP contribution in [0.5, 0.6) is 5.75 Å². The minimum absolute atomic E-state index is 0.180. The molecule has 1 fully saturated rings. The molecule has 1 heterocycles. The third-order valence-electron chi connectivity index (χ3n) is 3.87. The number of ether oxygens (including phenoxy) is 1. The molecule has 0 radical (unpaired) electrons. The van der Waals surface area contributed by atoms with Gasteiger partial charge in [0.25, 0.3) is 5.91 Å². The third kappa shape index (κ3) is 4.37. The molecule has 7 heteroatoms. The summed E-state index contributed by atoms with van der Waals surface area (Å²) in [6, 6.07) is 14.5. The second-order valence-corrected chi connectivity index (χ2v) is 7.70. The average Bonchev–Trinajstić information content (AvgIpc) is 2.88. The molecule has 1 aliphatic heterocycles. The standard InChI is InChI=1S/C20H17NO4S2/c1-12-5-3-7-15(9-12)21-18(22)17(27-20(21)26)11-14-6-4-8-16(10-14)25-13(2)19(23)24/h3-11,13H,1-2H3,(H,23,24)/b17-11+. The van der Waals surface area contributed by atoms with Crippen LogP contribution >= 0.6 is 24.0 Å². The van der Waals surface area contributed by atoms with Crippen LogP contribution in [0.4, 0.5) is 5.69 Å². The first-order chi connectivity index (χ1) is 12.8. The summed E-state index contributed by atoms with van der Waals surface area (Å²) in [5.74, 6) is -0.798. The van der Waals surface area contributed by atoms with Crippen LogP contribution in [0.15, 0.2) is 53.4 Å². The Morgan fingerprint density at radius 3 is 2.70 bits per heavy atom. The van der Waals surface area contributed by atoms with Gasteiger partial charge in [0.15, 0.2) is 10.4 Å². The molecular weight excluding hydrogens is 382 g/mol. The van der Waals surface area contributed by atoms with Crippen molar-refractivity contribution in [3.63, 3.8) is 0 Å². The molecule has 3 rings (SSSR count). The predicted octanol–water partition coefficient (Wildman–Crippen LogP) is 4.25. The Bertz CT molecular complexity index is 955. The summed E-state index contributed by atoms with van der Waals surface area (Å²) in [5.41, 5.74) is 2.52. The summed E-state index contributed by atoms with van der Waals surface area (Å²) in [6.07, 6.45) is 0.771. The summed E-state index contributed by atoms with van der Waals surface area (Å²) in [6.45, 7) is 3.42. The van der Waals surface area contributed by atoms with E-state index >= 15 is 0 Å².